The quantitative estimate of drug-likeness (QED) is 0.808. The fourth-order valence-corrected chi connectivity index (χ4v) is 2.11. The summed E-state index contributed by atoms with van der Waals surface area (Å²) in [5.41, 5.74) is 1.08. The lowest BCUT2D eigenvalue weighted by atomic mass is 10.2. The van der Waals surface area contributed by atoms with Crippen molar-refractivity contribution in [3.8, 4) is 0 Å². The first-order valence-electron chi connectivity index (χ1n) is 6.19. The number of aryl methyl sites for hydroxylation is 1. The summed E-state index contributed by atoms with van der Waals surface area (Å²) in [5.74, 6) is 0.152. The van der Waals surface area contributed by atoms with Gasteiger partial charge in [0.05, 0.1) is 6.20 Å². The summed E-state index contributed by atoms with van der Waals surface area (Å²) in [6.45, 7) is 2.30. The van der Waals surface area contributed by atoms with Crippen LogP contribution in [0.2, 0.25) is 0 Å². The minimum Gasteiger partial charge on any atom is -0.396 e. The Balaban J connectivity index is 1.85. The summed E-state index contributed by atoms with van der Waals surface area (Å²) in [6.07, 6.45) is 7.45. The van der Waals surface area contributed by atoms with Crippen LogP contribution in [-0.2, 0) is 17.8 Å². The largest absolute Gasteiger partial charge is 0.396 e. The summed E-state index contributed by atoms with van der Waals surface area (Å²) in [7, 11) is 0. The lowest BCUT2D eigenvalue weighted by Crippen LogP contribution is -2.31. The van der Waals surface area contributed by atoms with E-state index in [0.29, 0.717) is 6.54 Å². The molecule has 1 aromatic rings. The Morgan fingerprint density at radius 1 is 1.41 bits per heavy atom. The Kier molecular flexibility index (Phi) is 4.14. The van der Waals surface area contributed by atoms with E-state index in [4.69, 9.17) is 5.11 Å². The number of nitrogens with zero attached hydrogens (tertiary/aromatic N) is 3. The summed E-state index contributed by atoms with van der Waals surface area (Å²) < 4.78 is 1.69. The number of hydrogen-bond donors (Lipinski definition) is 1. The van der Waals surface area contributed by atoms with Gasteiger partial charge < -0.3 is 10.0 Å². The number of hydrogen-bond acceptors (Lipinski definition) is 3. The van der Waals surface area contributed by atoms with Crippen LogP contribution >= 0.6 is 0 Å². The average molecular weight is 237 g/mol. The van der Waals surface area contributed by atoms with E-state index in [9.17, 15) is 4.79 Å². The van der Waals surface area contributed by atoms with Crippen LogP contribution in [0.15, 0.2) is 12.4 Å². The molecule has 1 aliphatic rings. The maximum absolute atomic E-state index is 11.9. The second-order valence-corrected chi connectivity index (χ2v) is 4.46. The molecule has 0 spiro atoms. The highest BCUT2D eigenvalue weighted by molar-refractivity contribution is 5.76. The fourth-order valence-electron chi connectivity index (χ4n) is 2.11. The number of carbonyl (C=O) groups excluding carboxylic acids is 1. The van der Waals surface area contributed by atoms with Crippen molar-refractivity contribution in [3.05, 3.63) is 18.0 Å². The molecule has 17 heavy (non-hydrogen) atoms. The van der Waals surface area contributed by atoms with E-state index in [1.54, 1.807) is 10.9 Å². The van der Waals surface area contributed by atoms with Gasteiger partial charge in [0.2, 0.25) is 5.91 Å². The van der Waals surface area contributed by atoms with Gasteiger partial charge >= 0.3 is 0 Å². The molecule has 2 rings (SSSR count). The zero-order chi connectivity index (χ0) is 12.1. The van der Waals surface area contributed by atoms with Crippen LogP contribution in [-0.4, -0.2) is 45.4 Å². The van der Waals surface area contributed by atoms with Crippen LogP contribution in [0.25, 0.3) is 0 Å². The number of likely N-dealkylation sites (tertiary alicyclic amines) is 1. The summed E-state index contributed by atoms with van der Waals surface area (Å²) in [5, 5.41) is 12.9. The van der Waals surface area contributed by atoms with Gasteiger partial charge in [-0.3, -0.25) is 9.48 Å². The molecule has 1 aliphatic heterocycles. The average Bonchev–Trinajstić information content (AvgIpc) is 2.97. The van der Waals surface area contributed by atoms with Gasteiger partial charge in [0.1, 0.15) is 6.54 Å². The molecule has 0 atom stereocenters. The number of aliphatic hydroxyl groups excluding tert-OH is 1. The minimum absolute atomic E-state index is 0.152. The molecule has 1 amide bonds. The minimum atomic E-state index is 0.152. The number of aliphatic hydroxyl groups is 1. The van der Waals surface area contributed by atoms with Crippen LogP contribution in [0.3, 0.4) is 0 Å². The Labute approximate surface area is 101 Å². The predicted molar refractivity (Wildman–Crippen MR) is 63.4 cm³/mol. The molecule has 0 aliphatic carbocycles. The van der Waals surface area contributed by atoms with Crippen LogP contribution in [0.5, 0.6) is 0 Å². The highest BCUT2D eigenvalue weighted by Crippen LogP contribution is 2.08. The van der Waals surface area contributed by atoms with E-state index in [1.807, 2.05) is 11.1 Å². The summed E-state index contributed by atoms with van der Waals surface area (Å²) in [4.78, 5) is 13.8. The van der Waals surface area contributed by atoms with Gasteiger partial charge in [0.15, 0.2) is 0 Å². The SMILES string of the molecule is O=C(Cn1cc(CCCO)cn1)N1CCCC1. The van der Waals surface area contributed by atoms with Gasteiger partial charge in [-0.2, -0.15) is 5.10 Å². The molecule has 0 unspecified atom stereocenters. The zero-order valence-electron chi connectivity index (χ0n) is 10.0. The molecule has 0 radical (unpaired) electrons. The van der Waals surface area contributed by atoms with Gasteiger partial charge in [0.25, 0.3) is 0 Å². The molecule has 0 aromatic carbocycles. The molecular formula is C12H19N3O2. The van der Waals surface area contributed by atoms with Crippen molar-refractivity contribution in [2.75, 3.05) is 19.7 Å². The number of carbonyl (C=O) groups is 1. The van der Waals surface area contributed by atoms with E-state index in [1.165, 1.54) is 0 Å². The highest BCUT2D eigenvalue weighted by atomic mass is 16.2. The van der Waals surface area contributed by atoms with Crippen molar-refractivity contribution >= 4 is 5.91 Å². The fraction of sp³-hybridized carbons (Fsp3) is 0.667. The molecule has 94 valence electrons. The number of rotatable bonds is 5. The van der Waals surface area contributed by atoms with Crippen molar-refractivity contribution < 1.29 is 9.90 Å². The van der Waals surface area contributed by atoms with Crippen molar-refractivity contribution in [1.82, 2.24) is 14.7 Å². The third kappa shape index (κ3) is 3.30. The molecule has 0 saturated carbocycles. The van der Waals surface area contributed by atoms with Gasteiger partial charge in [0, 0.05) is 25.9 Å². The van der Waals surface area contributed by atoms with E-state index in [-0.39, 0.29) is 12.5 Å². The molecular weight excluding hydrogens is 218 g/mol. The number of aromatic nitrogens is 2. The van der Waals surface area contributed by atoms with Gasteiger partial charge in [-0.25, -0.2) is 0 Å². The summed E-state index contributed by atoms with van der Waals surface area (Å²) >= 11 is 0. The molecule has 0 bridgehead atoms. The Morgan fingerprint density at radius 3 is 2.88 bits per heavy atom. The van der Waals surface area contributed by atoms with E-state index >= 15 is 0 Å². The van der Waals surface area contributed by atoms with Crippen LogP contribution in [0.1, 0.15) is 24.8 Å². The number of amides is 1. The van der Waals surface area contributed by atoms with Crippen molar-refractivity contribution in [2.24, 2.45) is 0 Å². The third-order valence-corrected chi connectivity index (χ3v) is 3.07. The van der Waals surface area contributed by atoms with Crippen molar-refractivity contribution in [3.63, 3.8) is 0 Å². The first kappa shape index (κ1) is 12.1. The Bertz CT molecular complexity index is 370. The zero-order valence-corrected chi connectivity index (χ0v) is 10.0. The normalized spacial score (nSPS) is 15.5. The van der Waals surface area contributed by atoms with Crippen molar-refractivity contribution in [2.45, 2.75) is 32.2 Å². The smallest absolute Gasteiger partial charge is 0.244 e. The van der Waals surface area contributed by atoms with E-state index < -0.39 is 0 Å². The molecule has 1 fully saturated rings. The second-order valence-electron chi connectivity index (χ2n) is 4.46. The predicted octanol–water partition coefficient (Wildman–Crippen LogP) is 0.430. The van der Waals surface area contributed by atoms with E-state index in [0.717, 1.165) is 44.3 Å². The van der Waals surface area contributed by atoms with Crippen LogP contribution in [0, 0.1) is 0 Å². The van der Waals surface area contributed by atoms with E-state index in [2.05, 4.69) is 5.10 Å². The monoisotopic (exact) mass is 237 g/mol. The maximum atomic E-state index is 11.9. The Morgan fingerprint density at radius 2 is 2.18 bits per heavy atom. The second kappa shape index (κ2) is 5.82. The van der Waals surface area contributed by atoms with Gasteiger partial charge in [-0.1, -0.05) is 0 Å². The van der Waals surface area contributed by atoms with Gasteiger partial charge in [-0.15, -0.1) is 0 Å². The van der Waals surface area contributed by atoms with Gasteiger partial charge in [-0.05, 0) is 31.2 Å². The van der Waals surface area contributed by atoms with Crippen molar-refractivity contribution in [1.29, 1.82) is 0 Å². The van der Waals surface area contributed by atoms with Crippen LogP contribution in [0.4, 0.5) is 0 Å². The lowest BCUT2D eigenvalue weighted by molar-refractivity contribution is -0.130. The molecule has 1 N–H and O–H groups in total. The standard InChI is InChI=1S/C12H19N3O2/c16-7-3-4-11-8-13-15(9-11)10-12(17)14-5-1-2-6-14/h8-9,16H,1-7,10H2. The van der Waals surface area contributed by atoms with Crippen LogP contribution < -0.4 is 0 Å². The first-order chi connectivity index (χ1) is 8.29. The molecule has 5 nitrogen and oxygen atoms in total. The molecule has 1 saturated heterocycles. The first-order valence-corrected chi connectivity index (χ1v) is 6.19. The Hall–Kier alpha value is -1.36. The third-order valence-electron chi connectivity index (χ3n) is 3.07. The maximum Gasteiger partial charge on any atom is 0.244 e. The molecule has 2 heterocycles. The highest BCUT2D eigenvalue weighted by Gasteiger charge is 2.18. The summed E-state index contributed by atoms with van der Waals surface area (Å²) in [6, 6.07) is 0. The lowest BCUT2D eigenvalue weighted by Gasteiger charge is -2.14. The topological polar surface area (TPSA) is 58.4 Å². The molecule has 1 aromatic heterocycles. The molecule has 5 heteroatoms.